The number of nitrogens with one attached hydrogen (secondary N) is 1. The molecule has 1 atom stereocenters. The summed E-state index contributed by atoms with van der Waals surface area (Å²) in [5.74, 6) is -2.48. The minimum atomic E-state index is -2.27. The molecular formula is C4H8N2O5. The van der Waals surface area contributed by atoms with Crippen LogP contribution in [0.5, 0.6) is 0 Å². The smallest absolute Gasteiger partial charge is 0.278 e. The molecule has 0 radical (unpaired) electrons. The lowest BCUT2D eigenvalue weighted by Gasteiger charge is -2.09. The molecular weight excluding hydrogens is 156 g/mol. The maximum atomic E-state index is 10.3. The second kappa shape index (κ2) is 3.86. The number of carbonyl (C=O) groups excluding carboxylic acids is 2. The highest BCUT2D eigenvalue weighted by Crippen LogP contribution is 1.78. The quantitative estimate of drug-likeness (QED) is 0.273. The fraction of sp³-hybridized carbons (Fsp3) is 0.500. The summed E-state index contributed by atoms with van der Waals surface area (Å²) in [6.45, 7) is 0. The van der Waals surface area contributed by atoms with E-state index in [9.17, 15) is 9.59 Å². The monoisotopic (exact) mass is 164 g/mol. The van der Waals surface area contributed by atoms with Crippen molar-refractivity contribution in [1.29, 1.82) is 0 Å². The van der Waals surface area contributed by atoms with E-state index in [-0.39, 0.29) is 0 Å². The maximum Gasteiger partial charge on any atom is 0.278 e. The summed E-state index contributed by atoms with van der Waals surface area (Å²) in [6.07, 6.45) is -4.17. The molecule has 0 aromatic carbocycles. The van der Waals surface area contributed by atoms with Crippen LogP contribution >= 0.6 is 0 Å². The van der Waals surface area contributed by atoms with Gasteiger partial charge in [-0.25, -0.2) is 0 Å². The highest BCUT2D eigenvalue weighted by atomic mass is 16.5. The first-order chi connectivity index (χ1) is 4.95. The molecule has 0 aliphatic rings. The second-order valence-corrected chi connectivity index (χ2v) is 1.69. The van der Waals surface area contributed by atoms with E-state index in [1.54, 1.807) is 0 Å². The number of hydrogen-bond donors (Lipinski definition) is 5. The van der Waals surface area contributed by atoms with Crippen LogP contribution < -0.4 is 11.1 Å². The molecule has 0 aliphatic carbocycles. The molecule has 1 unspecified atom stereocenters. The van der Waals surface area contributed by atoms with Crippen LogP contribution in [0, 0.1) is 0 Å². The Balaban J connectivity index is 3.85. The standard InChI is InChI=1S/C4H8N2O5/c5-1(7)2(8)6-3(9)4(10)11/h2,4,8,10-11H,(H2,5,7)(H,6,9). The molecule has 0 spiro atoms. The third kappa shape index (κ3) is 3.50. The van der Waals surface area contributed by atoms with Gasteiger partial charge in [-0.15, -0.1) is 0 Å². The molecule has 6 N–H and O–H groups in total. The zero-order valence-corrected chi connectivity index (χ0v) is 5.39. The van der Waals surface area contributed by atoms with Crippen LogP contribution in [0.25, 0.3) is 0 Å². The molecule has 0 rings (SSSR count). The average molecular weight is 164 g/mol. The Labute approximate surface area is 61.4 Å². The predicted molar refractivity (Wildman–Crippen MR) is 31.6 cm³/mol. The molecule has 0 saturated carbocycles. The van der Waals surface area contributed by atoms with Crippen molar-refractivity contribution in [2.75, 3.05) is 0 Å². The van der Waals surface area contributed by atoms with Gasteiger partial charge in [-0.3, -0.25) is 9.59 Å². The summed E-state index contributed by atoms with van der Waals surface area (Å²) in [5, 5.41) is 26.3. The van der Waals surface area contributed by atoms with E-state index in [0.717, 1.165) is 0 Å². The summed E-state index contributed by atoms with van der Waals surface area (Å²) < 4.78 is 0. The Kier molecular flexibility index (Phi) is 3.45. The third-order valence-electron chi connectivity index (χ3n) is 0.783. The molecule has 0 aromatic heterocycles. The van der Waals surface area contributed by atoms with Gasteiger partial charge < -0.3 is 26.4 Å². The Hall–Kier alpha value is -1.18. The van der Waals surface area contributed by atoms with Gasteiger partial charge in [-0.05, 0) is 0 Å². The average Bonchev–Trinajstić information content (AvgIpc) is 1.87. The van der Waals surface area contributed by atoms with Crippen molar-refractivity contribution >= 4 is 11.8 Å². The molecule has 0 saturated heterocycles. The zero-order valence-electron chi connectivity index (χ0n) is 5.39. The fourth-order valence-electron chi connectivity index (χ4n) is 0.280. The molecule has 7 nitrogen and oxygen atoms in total. The van der Waals surface area contributed by atoms with Gasteiger partial charge >= 0.3 is 0 Å². The number of carbonyl (C=O) groups is 2. The number of aliphatic hydroxyl groups excluding tert-OH is 2. The lowest BCUT2D eigenvalue weighted by atomic mass is 10.5. The number of hydrogen-bond acceptors (Lipinski definition) is 5. The minimum Gasteiger partial charge on any atom is -0.366 e. The predicted octanol–water partition coefficient (Wildman–Crippen LogP) is -3.78. The first-order valence-electron chi connectivity index (χ1n) is 2.59. The minimum absolute atomic E-state index is 1.18. The van der Waals surface area contributed by atoms with Crippen LogP contribution in [-0.2, 0) is 9.59 Å². The van der Waals surface area contributed by atoms with Crippen molar-refractivity contribution in [2.24, 2.45) is 5.73 Å². The van der Waals surface area contributed by atoms with Crippen molar-refractivity contribution in [1.82, 2.24) is 5.32 Å². The molecule has 0 fully saturated rings. The molecule has 11 heavy (non-hydrogen) atoms. The number of amides is 2. The highest BCUT2D eigenvalue weighted by molar-refractivity contribution is 5.86. The van der Waals surface area contributed by atoms with Crippen LogP contribution in [0.2, 0.25) is 0 Å². The van der Waals surface area contributed by atoms with Crippen molar-refractivity contribution < 1.29 is 24.9 Å². The van der Waals surface area contributed by atoms with Gasteiger partial charge in [0.2, 0.25) is 12.5 Å². The summed E-state index contributed by atoms with van der Waals surface area (Å²) in [4.78, 5) is 20.3. The van der Waals surface area contributed by atoms with Crippen molar-refractivity contribution in [2.45, 2.75) is 12.5 Å². The van der Waals surface area contributed by atoms with E-state index in [1.807, 2.05) is 0 Å². The van der Waals surface area contributed by atoms with Gasteiger partial charge in [0, 0.05) is 0 Å². The summed E-state index contributed by atoms with van der Waals surface area (Å²) in [5.41, 5.74) is 4.52. The lowest BCUT2D eigenvalue weighted by Crippen LogP contribution is -2.47. The van der Waals surface area contributed by atoms with Crippen molar-refractivity contribution in [3.05, 3.63) is 0 Å². The van der Waals surface area contributed by atoms with E-state index in [0.29, 0.717) is 0 Å². The van der Waals surface area contributed by atoms with Crippen molar-refractivity contribution in [3.63, 3.8) is 0 Å². The third-order valence-corrected chi connectivity index (χ3v) is 0.783. The first-order valence-corrected chi connectivity index (χ1v) is 2.59. The van der Waals surface area contributed by atoms with Gasteiger partial charge in [0.1, 0.15) is 0 Å². The molecule has 0 bridgehead atoms. The van der Waals surface area contributed by atoms with Gasteiger partial charge in [0.05, 0.1) is 0 Å². The van der Waals surface area contributed by atoms with Crippen LogP contribution in [0.3, 0.4) is 0 Å². The summed E-state index contributed by atoms with van der Waals surface area (Å²) >= 11 is 0. The summed E-state index contributed by atoms with van der Waals surface area (Å²) in [6, 6.07) is 0. The molecule has 0 heterocycles. The highest BCUT2D eigenvalue weighted by Gasteiger charge is 2.17. The fourth-order valence-corrected chi connectivity index (χ4v) is 0.280. The SMILES string of the molecule is NC(=O)C(O)NC(=O)C(O)O. The van der Waals surface area contributed by atoms with Gasteiger partial charge in [0.25, 0.3) is 11.8 Å². The van der Waals surface area contributed by atoms with Crippen LogP contribution in [-0.4, -0.2) is 39.7 Å². The topological polar surface area (TPSA) is 133 Å². The Morgan fingerprint density at radius 1 is 1.27 bits per heavy atom. The Bertz CT molecular complexity index is 168. The van der Waals surface area contributed by atoms with E-state index in [1.165, 1.54) is 5.32 Å². The second-order valence-electron chi connectivity index (χ2n) is 1.69. The van der Waals surface area contributed by atoms with Gasteiger partial charge in [-0.1, -0.05) is 0 Å². The zero-order chi connectivity index (χ0) is 9.02. The number of primary amides is 1. The first kappa shape index (κ1) is 9.82. The van der Waals surface area contributed by atoms with E-state index in [4.69, 9.17) is 15.3 Å². The molecule has 0 aromatic rings. The van der Waals surface area contributed by atoms with Crippen LogP contribution in [0.15, 0.2) is 0 Å². The van der Waals surface area contributed by atoms with Gasteiger partial charge in [0.15, 0.2) is 0 Å². The largest absolute Gasteiger partial charge is 0.366 e. The summed E-state index contributed by atoms with van der Waals surface area (Å²) in [7, 11) is 0. The maximum absolute atomic E-state index is 10.3. The number of rotatable bonds is 3. The van der Waals surface area contributed by atoms with Crippen molar-refractivity contribution in [3.8, 4) is 0 Å². The number of nitrogens with two attached hydrogens (primary N) is 1. The molecule has 7 heteroatoms. The Morgan fingerprint density at radius 2 is 1.73 bits per heavy atom. The lowest BCUT2D eigenvalue weighted by molar-refractivity contribution is -0.153. The molecule has 0 aliphatic heterocycles. The molecule has 2 amide bonds. The Morgan fingerprint density at radius 3 is 2.00 bits per heavy atom. The van der Waals surface area contributed by atoms with E-state index < -0.39 is 24.3 Å². The van der Waals surface area contributed by atoms with Crippen LogP contribution in [0.4, 0.5) is 0 Å². The molecule has 64 valence electrons. The van der Waals surface area contributed by atoms with Crippen LogP contribution in [0.1, 0.15) is 0 Å². The van der Waals surface area contributed by atoms with E-state index in [2.05, 4.69) is 5.73 Å². The van der Waals surface area contributed by atoms with E-state index >= 15 is 0 Å². The number of aliphatic hydroxyl groups is 3. The normalized spacial score (nSPS) is 12.7. The van der Waals surface area contributed by atoms with Gasteiger partial charge in [-0.2, -0.15) is 0 Å².